The first-order valence-corrected chi connectivity index (χ1v) is 14.5. The van der Waals surface area contributed by atoms with E-state index in [1.165, 1.54) is 28.3 Å². The van der Waals surface area contributed by atoms with Crippen molar-refractivity contribution in [3.63, 3.8) is 0 Å². The van der Waals surface area contributed by atoms with E-state index in [0.29, 0.717) is 12.0 Å². The van der Waals surface area contributed by atoms with Crippen LogP contribution in [0, 0.1) is 5.41 Å². The summed E-state index contributed by atoms with van der Waals surface area (Å²) in [6, 6.07) is 9.66. The van der Waals surface area contributed by atoms with Crippen LogP contribution >= 0.6 is 0 Å². The molecular formula is C32H39N3O2. The number of hydrogen-bond acceptors (Lipinski definition) is 5. The molecule has 2 saturated carbocycles. The molecule has 1 aromatic heterocycles. The van der Waals surface area contributed by atoms with Crippen LogP contribution < -0.4 is 5.73 Å². The van der Waals surface area contributed by atoms with E-state index in [2.05, 4.69) is 53.2 Å². The molecule has 194 valence electrons. The normalized spacial score (nSPS) is 43.1. The van der Waals surface area contributed by atoms with E-state index < -0.39 is 0 Å². The largest absolute Gasteiger partial charge is 0.379 e. The van der Waals surface area contributed by atoms with E-state index in [0.717, 1.165) is 71.2 Å². The summed E-state index contributed by atoms with van der Waals surface area (Å²) in [6.45, 7) is 6.29. The average Bonchev–Trinajstić information content (AvgIpc) is 3.41. The van der Waals surface area contributed by atoms with Gasteiger partial charge in [-0.1, -0.05) is 31.2 Å². The lowest BCUT2D eigenvalue weighted by Gasteiger charge is -2.60. The minimum absolute atomic E-state index is 0.0401. The fraction of sp³-hybridized carbons (Fsp3) is 0.594. The molecule has 6 atom stereocenters. The highest BCUT2D eigenvalue weighted by Crippen LogP contribution is 2.70. The van der Waals surface area contributed by atoms with Gasteiger partial charge in [-0.15, -0.1) is 0 Å². The Labute approximate surface area is 220 Å². The first-order valence-electron chi connectivity index (χ1n) is 14.5. The number of pyridine rings is 1. The highest BCUT2D eigenvalue weighted by molar-refractivity contribution is 5.82. The zero-order chi connectivity index (χ0) is 24.9. The van der Waals surface area contributed by atoms with Crippen molar-refractivity contribution < 1.29 is 9.47 Å². The summed E-state index contributed by atoms with van der Waals surface area (Å²) >= 11 is 0. The predicted molar refractivity (Wildman–Crippen MR) is 145 cm³/mol. The summed E-state index contributed by atoms with van der Waals surface area (Å²) in [7, 11) is 0. The lowest BCUT2D eigenvalue weighted by molar-refractivity contribution is -0.152. The smallest absolute Gasteiger partial charge is 0.113 e. The second-order valence-electron chi connectivity index (χ2n) is 13.0. The minimum Gasteiger partial charge on any atom is -0.379 e. The van der Waals surface area contributed by atoms with Crippen LogP contribution in [0.1, 0.15) is 69.8 Å². The number of aromatic nitrogens is 1. The monoisotopic (exact) mass is 497 g/mol. The molecule has 4 heterocycles. The number of fused-ring (bicyclic) bond motifs is 2. The highest BCUT2D eigenvalue weighted by atomic mass is 16.5. The molecule has 37 heavy (non-hydrogen) atoms. The van der Waals surface area contributed by atoms with Crippen molar-refractivity contribution in [3.05, 3.63) is 65.5 Å². The first kappa shape index (κ1) is 22.9. The highest BCUT2D eigenvalue weighted by Gasteiger charge is 2.72. The summed E-state index contributed by atoms with van der Waals surface area (Å²) in [6.07, 6.45) is 17.8. The van der Waals surface area contributed by atoms with Gasteiger partial charge >= 0.3 is 0 Å². The maximum absolute atomic E-state index is 7.73. The van der Waals surface area contributed by atoms with Gasteiger partial charge < -0.3 is 15.2 Å². The van der Waals surface area contributed by atoms with Gasteiger partial charge in [0, 0.05) is 36.9 Å². The molecule has 2 N–H and O–H groups in total. The number of nitrogens with two attached hydrogens (primary N) is 1. The summed E-state index contributed by atoms with van der Waals surface area (Å²) in [5.41, 5.74) is 11.2. The van der Waals surface area contributed by atoms with Gasteiger partial charge in [0.15, 0.2) is 0 Å². The van der Waals surface area contributed by atoms with Gasteiger partial charge in [-0.3, -0.25) is 9.88 Å². The Kier molecular flexibility index (Phi) is 4.80. The fourth-order valence-corrected chi connectivity index (χ4v) is 9.56. The van der Waals surface area contributed by atoms with Gasteiger partial charge in [0.05, 0.1) is 24.4 Å². The third-order valence-electron chi connectivity index (χ3n) is 11.7. The van der Waals surface area contributed by atoms with Gasteiger partial charge in [0.25, 0.3) is 0 Å². The van der Waals surface area contributed by atoms with Gasteiger partial charge in [-0.2, -0.15) is 0 Å². The quantitative estimate of drug-likeness (QED) is 0.613. The van der Waals surface area contributed by atoms with E-state index in [1.807, 2.05) is 12.4 Å². The number of rotatable bonds is 2. The molecule has 4 fully saturated rings. The van der Waals surface area contributed by atoms with Crippen LogP contribution in [-0.2, 0) is 9.47 Å². The Bertz CT molecular complexity index is 1330. The Morgan fingerprint density at radius 1 is 1.05 bits per heavy atom. The minimum atomic E-state index is -0.365. The summed E-state index contributed by atoms with van der Waals surface area (Å²) in [5.74, 6) is 0.423. The molecule has 3 aliphatic carbocycles. The summed E-state index contributed by atoms with van der Waals surface area (Å²) in [4.78, 5) is 7.05. The van der Waals surface area contributed by atoms with Crippen molar-refractivity contribution in [1.82, 2.24) is 9.88 Å². The predicted octanol–water partition coefficient (Wildman–Crippen LogP) is 5.26. The zero-order valence-electron chi connectivity index (χ0n) is 22.0. The van der Waals surface area contributed by atoms with E-state index in [1.54, 1.807) is 5.57 Å². The summed E-state index contributed by atoms with van der Waals surface area (Å²) in [5, 5.41) is 2.48. The molecule has 0 radical (unpaired) electrons. The van der Waals surface area contributed by atoms with Crippen LogP contribution in [-0.4, -0.2) is 59.0 Å². The topological polar surface area (TPSA) is 60.6 Å². The van der Waals surface area contributed by atoms with Gasteiger partial charge in [-0.05, 0) is 96.9 Å². The van der Waals surface area contributed by atoms with Crippen LogP contribution in [0.5, 0.6) is 0 Å². The first-order chi connectivity index (χ1) is 18.0. The van der Waals surface area contributed by atoms with Crippen molar-refractivity contribution in [1.29, 1.82) is 0 Å². The van der Waals surface area contributed by atoms with E-state index in [4.69, 9.17) is 15.2 Å². The number of ether oxygens (including phenoxy) is 2. The lowest BCUT2D eigenvalue weighted by atomic mass is 9.53. The maximum atomic E-state index is 7.73. The van der Waals surface area contributed by atoms with Gasteiger partial charge in [0.2, 0.25) is 0 Å². The lowest BCUT2D eigenvalue weighted by Crippen LogP contribution is -2.70. The van der Waals surface area contributed by atoms with Crippen LogP contribution in [0.2, 0.25) is 0 Å². The Balaban J connectivity index is 1.16. The average molecular weight is 498 g/mol. The molecule has 0 amide bonds. The SMILES string of the molecule is CC12CC=C3C=C4CC[C@@H](N5CCOCC5)C[C@]45CC[C@]3(O5)[C@]1(N)CCC2c1ccc2ccncc2c1. The molecule has 6 aliphatic rings. The van der Waals surface area contributed by atoms with Crippen molar-refractivity contribution in [2.24, 2.45) is 11.1 Å². The van der Waals surface area contributed by atoms with Crippen LogP contribution in [0.15, 0.2) is 60.0 Å². The van der Waals surface area contributed by atoms with Crippen molar-refractivity contribution in [2.75, 3.05) is 26.3 Å². The van der Waals surface area contributed by atoms with Crippen LogP contribution in [0.25, 0.3) is 10.8 Å². The summed E-state index contributed by atoms with van der Waals surface area (Å²) < 4.78 is 13.2. The Hall–Kier alpha value is -2.05. The van der Waals surface area contributed by atoms with E-state index in [9.17, 15) is 0 Å². The molecule has 8 rings (SSSR count). The Morgan fingerprint density at radius 3 is 2.84 bits per heavy atom. The standard InChI is InChI=1S/C32H39N3O2/c1-29-9-6-26-19-25-4-5-27(35-14-16-36-17-15-35)20-30(25)11-12-31(26,37-30)32(29,33)10-7-28(29)23-3-2-22-8-13-34-21-24(22)18-23/h2-3,6,8,13,18-19,21,27-28H,4-5,7,9-12,14-17,20,33H2,1H3/t27-,28?,29?,30-,31-,32+/m1/s1. The second-order valence-corrected chi connectivity index (χ2v) is 13.0. The maximum Gasteiger partial charge on any atom is 0.113 e. The second kappa shape index (κ2) is 7.75. The van der Waals surface area contributed by atoms with Gasteiger partial charge in [0.1, 0.15) is 5.60 Å². The zero-order valence-corrected chi connectivity index (χ0v) is 22.0. The van der Waals surface area contributed by atoms with Crippen LogP contribution in [0.4, 0.5) is 0 Å². The molecule has 2 spiro atoms. The van der Waals surface area contributed by atoms with Crippen LogP contribution in [0.3, 0.4) is 0 Å². The molecule has 3 aliphatic heterocycles. The molecule has 5 heteroatoms. The molecular weight excluding hydrogens is 458 g/mol. The number of hydrogen-bond donors (Lipinski definition) is 1. The molecule has 2 aromatic rings. The Morgan fingerprint density at radius 2 is 1.95 bits per heavy atom. The molecule has 2 bridgehead atoms. The molecule has 2 unspecified atom stereocenters. The number of nitrogens with zero attached hydrogens (tertiary/aromatic N) is 2. The molecule has 2 saturated heterocycles. The number of benzene rings is 1. The van der Waals surface area contributed by atoms with Gasteiger partial charge in [-0.25, -0.2) is 0 Å². The number of allylic oxidation sites excluding steroid dienone is 1. The fourth-order valence-electron chi connectivity index (χ4n) is 9.56. The number of morpholine rings is 1. The molecule has 1 aromatic carbocycles. The van der Waals surface area contributed by atoms with E-state index >= 15 is 0 Å². The third-order valence-corrected chi connectivity index (χ3v) is 11.7. The van der Waals surface area contributed by atoms with Crippen molar-refractivity contribution in [3.8, 4) is 0 Å². The van der Waals surface area contributed by atoms with E-state index in [-0.39, 0.29) is 22.2 Å². The van der Waals surface area contributed by atoms with Crippen molar-refractivity contribution in [2.45, 2.75) is 87.0 Å². The molecule has 5 nitrogen and oxygen atoms in total. The van der Waals surface area contributed by atoms with Crippen molar-refractivity contribution >= 4 is 10.8 Å². The third kappa shape index (κ3) is 2.92.